The zero-order valence-corrected chi connectivity index (χ0v) is 26.7. The van der Waals surface area contributed by atoms with Crippen LogP contribution in [0.3, 0.4) is 0 Å². The van der Waals surface area contributed by atoms with Crippen LogP contribution in [0.5, 0.6) is 0 Å². The molecule has 0 saturated heterocycles. The van der Waals surface area contributed by atoms with E-state index in [4.69, 9.17) is 46.4 Å². The summed E-state index contributed by atoms with van der Waals surface area (Å²) in [6.45, 7) is 1.11. The van der Waals surface area contributed by atoms with Crippen molar-refractivity contribution in [3.63, 3.8) is 0 Å². The van der Waals surface area contributed by atoms with Gasteiger partial charge in [0.2, 0.25) is 11.8 Å². The second-order valence-corrected chi connectivity index (χ2v) is 13.6. The third kappa shape index (κ3) is 7.53. The summed E-state index contributed by atoms with van der Waals surface area (Å²) in [6.07, 6.45) is 4.08. The summed E-state index contributed by atoms with van der Waals surface area (Å²) < 4.78 is 28.8. The van der Waals surface area contributed by atoms with Crippen LogP contribution in [0.15, 0.2) is 71.6 Å². The fourth-order valence-electron chi connectivity index (χ4n) is 5.04. The molecule has 1 fully saturated rings. The molecule has 1 saturated carbocycles. The van der Waals surface area contributed by atoms with Gasteiger partial charge < -0.3 is 10.2 Å². The largest absolute Gasteiger partial charge is 0.352 e. The topological polar surface area (TPSA) is 86.8 Å². The third-order valence-corrected chi connectivity index (χ3v) is 10.4. The van der Waals surface area contributed by atoms with Gasteiger partial charge in [0.1, 0.15) is 12.6 Å². The van der Waals surface area contributed by atoms with Gasteiger partial charge in [-0.15, -0.1) is 0 Å². The predicted molar refractivity (Wildman–Crippen MR) is 169 cm³/mol. The van der Waals surface area contributed by atoms with Gasteiger partial charge in [-0.3, -0.25) is 13.9 Å². The van der Waals surface area contributed by atoms with Gasteiger partial charge in [0, 0.05) is 22.6 Å². The molecule has 7 nitrogen and oxygen atoms in total. The van der Waals surface area contributed by atoms with Crippen LogP contribution < -0.4 is 9.62 Å². The lowest BCUT2D eigenvalue weighted by Crippen LogP contribution is -2.53. The van der Waals surface area contributed by atoms with Crippen molar-refractivity contribution >= 4 is 73.9 Å². The molecule has 0 aliphatic heterocycles. The molecule has 1 N–H and O–H groups in total. The maximum absolute atomic E-state index is 14.2. The highest BCUT2D eigenvalue weighted by Crippen LogP contribution is 2.36. The van der Waals surface area contributed by atoms with E-state index in [9.17, 15) is 18.0 Å². The number of nitrogens with one attached hydrogen (secondary N) is 1. The smallest absolute Gasteiger partial charge is 0.264 e. The number of carbonyl (C=O) groups excluding carboxylic acids is 2. The first kappa shape index (κ1) is 32.4. The molecule has 1 atom stereocenters. The van der Waals surface area contributed by atoms with Gasteiger partial charge in [-0.2, -0.15) is 0 Å². The zero-order valence-electron chi connectivity index (χ0n) is 22.9. The van der Waals surface area contributed by atoms with E-state index in [2.05, 4.69) is 5.32 Å². The van der Waals surface area contributed by atoms with Crippen LogP contribution in [0.2, 0.25) is 20.1 Å². The Labute approximate surface area is 266 Å². The van der Waals surface area contributed by atoms with Crippen molar-refractivity contribution in [1.29, 1.82) is 0 Å². The number of rotatable bonds is 11. The van der Waals surface area contributed by atoms with E-state index >= 15 is 0 Å². The minimum Gasteiger partial charge on any atom is -0.352 e. The van der Waals surface area contributed by atoms with Crippen LogP contribution in [0.1, 0.15) is 44.6 Å². The number of nitrogens with zero attached hydrogens (tertiary/aromatic N) is 2. The Morgan fingerprint density at radius 2 is 1.62 bits per heavy atom. The number of hydrogen-bond donors (Lipinski definition) is 1. The molecule has 224 valence electrons. The summed E-state index contributed by atoms with van der Waals surface area (Å²) in [4.78, 5) is 29.1. The van der Waals surface area contributed by atoms with Gasteiger partial charge in [-0.25, -0.2) is 8.42 Å². The summed E-state index contributed by atoms with van der Waals surface area (Å²) in [7, 11) is -4.28. The molecular weight excluding hydrogens is 640 g/mol. The number of amides is 2. The van der Waals surface area contributed by atoms with Crippen molar-refractivity contribution in [2.75, 3.05) is 10.8 Å². The highest BCUT2D eigenvalue weighted by atomic mass is 35.5. The minimum atomic E-state index is -4.28. The van der Waals surface area contributed by atoms with Gasteiger partial charge in [0.15, 0.2) is 0 Å². The SMILES string of the molecule is CC[C@@H](C(=O)NC1CCCC1)N(Cc1ccc(Cl)cc1Cl)C(=O)CN(c1cccc(Cl)c1Cl)S(=O)(=O)c1ccccc1. The summed E-state index contributed by atoms with van der Waals surface area (Å²) >= 11 is 25.3. The molecule has 0 heterocycles. The van der Waals surface area contributed by atoms with E-state index in [1.165, 1.54) is 29.2 Å². The highest BCUT2D eigenvalue weighted by Gasteiger charge is 2.35. The normalized spacial score (nSPS) is 14.4. The third-order valence-electron chi connectivity index (χ3n) is 7.25. The Morgan fingerprint density at radius 1 is 0.929 bits per heavy atom. The average molecular weight is 671 g/mol. The van der Waals surface area contributed by atoms with E-state index in [-0.39, 0.29) is 39.1 Å². The van der Waals surface area contributed by atoms with E-state index < -0.39 is 28.5 Å². The minimum absolute atomic E-state index is 0.0233. The second kappa shape index (κ2) is 14.3. The molecule has 0 radical (unpaired) electrons. The van der Waals surface area contributed by atoms with E-state index in [0.29, 0.717) is 22.0 Å². The molecule has 1 aliphatic rings. The molecular formula is C30H31Cl4N3O4S. The standard InChI is InChI=1S/C30H31Cl4N3O4S/c1-2-26(30(39)35-22-9-6-7-10-22)36(18-20-15-16-21(31)17-25(20)33)28(38)19-37(27-14-8-13-24(32)29(27)34)42(40,41)23-11-4-3-5-12-23/h3-5,8,11-17,22,26H,2,6-7,9-10,18-19H2,1H3,(H,35,39)/t26-/m0/s1. The van der Waals surface area contributed by atoms with E-state index in [1.54, 1.807) is 49.4 Å². The Hall–Kier alpha value is -2.49. The van der Waals surface area contributed by atoms with Crippen molar-refractivity contribution in [2.24, 2.45) is 0 Å². The van der Waals surface area contributed by atoms with Gasteiger partial charge in [0.05, 0.1) is 20.6 Å². The molecule has 0 unspecified atom stereocenters. The number of halogens is 4. The van der Waals surface area contributed by atoms with Crippen LogP contribution in [0.25, 0.3) is 0 Å². The number of hydrogen-bond acceptors (Lipinski definition) is 4. The first-order valence-electron chi connectivity index (χ1n) is 13.6. The van der Waals surface area contributed by atoms with Crippen molar-refractivity contribution in [1.82, 2.24) is 10.2 Å². The Balaban J connectivity index is 1.76. The Kier molecular flexibility index (Phi) is 11.1. The van der Waals surface area contributed by atoms with Crippen molar-refractivity contribution in [2.45, 2.75) is 62.6 Å². The molecule has 42 heavy (non-hydrogen) atoms. The summed E-state index contributed by atoms with van der Waals surface area (Å²) in [5, 5.41) is 3.92. The Bertz CT molecular complexity index is 1530. The first-order chi connectivity index (χ1) is 20.0. The number of anilines is 1. The fraction of sp³-hybridized carbons (Fsp3) is 0.333. The molecule has 0 spiro atoms. The molecule has 0 aromatic heterocycles. The van der Waals surface area contributed by atoms with E-state index in [0.717, 1.165) is 30.0 Å². The molecule has 1 aliphatic carbocycles. The maximum atomic E-state index is 14.2. The van der Waals surface area contributed by atoms with Gasteiger partial charge >= 0.3 is 0 Å². The maximum Gasteiger partial charge on any atom is 0.264 e. The first-order valence-corrected chi connectivity index (χ1v) is 16.5. The molecule has 0 bridgehead atoms. The highest BCUT2D eigenvalue weighted by molar-refractivity contribution is 7.92. The van der Waals surface area contributed by atoms with Crippen LogP contribution in [-0.2, 0) is 26.2 Å². The summed E-state index contributed by atoms with van der Waals surface area (Å²) in [6, 6.07) is 16.3. The monoisotopic (exact) mass is 669 g/mol. The zero-order chi connectivity index (χ0) is 30.4. The predicted octanol–water partition coefficient (Wildman–Crippen LogP) is 7.36. The molecule has 2 amide bonds. The summed E-state index contributed by atoms with van der Waals surface area (Å²) in [5.74, 6) is -0.925. The van der Waals surface area contributed by atoms with Crippen molar-refractivity contribution in [3.8, 4) is 0 Å². The number of benzene rings is 3. The second-order valence-electron chi connectivity index (χ2n) is 10.1. The van der Waals surface area contributed by atoms with Crippen LogP contribution in [0, 0.1) is 0 Å². The van der Waals surface area contributed by atoms with Crippen LogP contribution >= 0.6 is 46.4 Å². The lowest BCUT2D eigenvalue weighted by Gasteiger charge is -2.34. The van der Waals surface area contributed by atoms with E-state index in [1.807, 2.05) is 0 Å². The molecule has 12 heteroatoms. The number of sulfonamides is 1. The lowest BCUT2D eigenvalue weighted by molar-refractivity contribution is -0.140. The molecule has 3 aromatic carbocycles. The quantitative estimate of drug-likeness (QED) is 0.231. The van der Waals surface area contributed by atoms with Gasteiger partial charge in [0.25, 0.3) is 10.0 Å². The average Bonchev–Trinajstić information content (AvgIpc) is 3.47. The lowest BCUT2D eigenvalue weighted by atomic mass is 10.1. The van der Waals surface area contributed by atoms with Gasteiger partial charge in [-0.05, 0) is 61.2 Å². The molecule has 3 aromatic rings. The summed E-state index contributed by atoms with van der Waals surface area (Å²) in [5.41, 5.74) is 0.592. The van der Waals surface area contributed by atoms with Gasteiger partial charge in [-0.1, -0.05) is 96.5 Å². The van der Waals surface area contributed by atoms with Crippen molar-refractivity contribution in [3.05, 3.63) is 92.4 Å². The fourth-order valence-corrected chi connectivity index (χ4v) is 7.40. The number of carbonyl (C=O) groups is 2. The Morgan fingerprint density at radius 3 is 2.26 bits per heavy atom. The molecule has 4 rings (SSSR count). The van der Waals surface area contributed by atoms with Crippen LogP contribution in [0.4, 0.5) is 5.69 Å². The van der Waals surface area contributed by atoms with Crippen molar-refractivity contribution < 1.29 is 18.0 Å². The van der Waals surface area contributed by atoms with Crippen LogP contribution in [-0.4, -0.2) is 43.8 Å².